The van der Waals surface area contributed by atoms with Crippen molar-refractivity contribution >= 4 is 23.2 Å². The minimum Gasteiger partial charge on any atom is -0.345 e. The summed E-state index contributed by atoms with van der Waals surface area (Å²) in [6, 6.07) is 3.81. The lowest BCUT2D eigenvalue weighted by Crippen LogP contribution is -2.05. The largest absolute Gasteiger partial charge is 0.345 e. The fourth-order valence-corrected chi connectivity index (χ4v) is 2.90. The summed E-state index contributed by atoms with van der Waals surface area (Å²) in [5, 5.41) is 12.0. The van der Waals surface area contributed by atoms with Gasteiger partial charge >= 0.3 is 0 Å². The van der Waals surface area contributed by atoms with Crippen molar-refractivity contribution in [2.24, 2.45) is 0 Å². The molecule has 2 rings (SSSR count). The van der Waals surface area contributed by atoms with Crippen LogP contribution in [0.4, 0.5) is 0 Å². The van der Waals surface area contributed by atoms with Crippen LogP contribution in [0.5, 0.6) is 0 Å². The first-order valence-electron chi connectivity index (χ1n) is 6.84. The predicted octanol–water partition coefficient (Wildman–Crippen LogP) is 3.85. The van der Waals surface area contributed by atoms with Gasteiger partial charge in [-0.25, -0.2) is 4.98 Å². The molecule has 0 bridgehead atoms. The van der Waals surface area contributed by atoms with Gasteiger partial charge in [-0.2, -0.15) is 5.26 Å². The Balaban J connectivity index is 2.42. The van der Waals surface area contributed by atoms with Gasteiger partial charge in [0.05, 0.1) is 10.7 Å². The van der Waals surface area contributed by atoms with E-state index in [0.29, 0.717) is 17.8 Å². The van der Waals surface area contributed by atoms with Gasteiger partial charge in [0.15, 0.2) is 0 Å². The highest BCUT2D eigenvalue weighted by Gasteiger charge is 2.19. The third-order valence-corrected chi connectivity index (χ3v) is 4.22. The van der Waals surface area contributed by atoms with Crippen LogP contribution >= 0.6 is 11.3 Å². The van der Waals surface area contributed by atoms with Crippen molar-refractivity contribution in [3.63, 3.8) is 0 Å². The quantitative estimate of drug-likeness (QED) is 0.365. The maximum absolute atomic E-state index is 12.6. The number of thiazole rings is 1. The smallest absolute Gasteiger partial charge is 0.205 e. The van der Waals surface area contributed by atoms with Crippen LogP contribution in [0.15, 0.2) is 29.7 Å². The molecule has 0 aliphatic heterocycles. The summed E-state index contributed by atoms with van der Waals surface area (Å²) in [5.74, 6) is -0.267. The van der Waals surface area contributed by atoms with Gasteiger partial charge in [-0.15, -0.1) is 17.9 Å². The molecule has 0 saturated carbocycles. The van der Waals surface area contributed by atoms with Crippen molar-refractivity contribution in [2.75, 3.05) is 0 Å². The molecule has 0 fully saturated rings. The number of ketones is 1. The van der Waals surface area contributed by atoms with Crippen molar-refractivity contribution < 1.29 is 4.79 Å². The van der Waals surface area contributed by atoms with E-state index in [2.05, 4.69) is 11.6 Å². The van der Waals surface area contributed by atoms with Crippen LogP contribution in [0, 0.1) is 32.1 Å². The summed E-state index contributed by atoms with van der Waals surface area (Å²) in [4.78, 5) is 16.9. The second-order valence-corrected chi connectivity index (χ2v) is 6.04. The fraction of sp³-hybridized carbons (Fsp3) is 0.235. The van der Waals surface area contributed by atoms with Crippen LogP contribution in [0.25, 0.3) is 6.08 Å². The van der Waals surface area contributed by atoms with E-state index < -0.39 is 0 Å². The van der Waals surface area contributed by atoms with E-state index in [4.69, 9.17) is 0 Å². The van der Waals surface area contributed by atoms with Crippen LogP contribution in [-0.4, -0.2) is 15.3 Å². The number of aromatic nitrogens is 2. The molecule has 0 unspecified atom stereocenters. The normalized spacial score (nSPS) is 11.3. The zero-order chi connectivity index (χ0) is 16.3. The molecule has 2 heterocycles. The molecule has 0 radical (unpaired) electrons. The molecule has 4 nitrogen and oxygen atoms in total. The topological polar surface area (TPSA) is 58.7 Å². The molecule has 5 heteroatoms. The van der Waals surface area contributed by atoms with Crippen LogP contribution in [0.2, 0.25) is 0 Å². The van der Waals surface area contributed by atoms with E-state index in [1.807, 2.05) is 42.9 Å². The molecule has 0 aliphatic rings. The van der Waals surface area contributed by atoms with Crippen LogP contribution in [0.1, 0.15) is 32.4 Å². The van der Waals surface area contributed by atoms with Gasteiger partial charge in [0.25, 0.3) is 0 Å². The summed E-state index contributed by atoms with van der Waals surface area (Å²) < 4.78 is 2.00. The summed E-state index contributed by atoms with van der Waals surface area (Å²) in [6.45, 7) is 10.1. The Bertz CT molecular complexity index is 802. The predicted molar refractivity (Wildman–Crippen MR) is 88.9 cm³/mol. The molecular formula is C17H17N3OS. The molecule has 0 saturated heterocycles. The standard InChI is InChI=1S/C17H17N3OS/c1-5-6-20-11(2)7-16(12(20)3)17(21)14(9-18)8-15-10-22-13(4)19-15/h5,7-8,10H,1,6H2,2-4H3/b14-8+. The molecule has 0 aliphatic carbocycles. The third-order valence-electron chi connectivity index (χ3n) is 3.42. The summed E-state index contributed by atoms with van der Waals surface area (Å²) >= 11 is 1.49. The van der Waals surface area contributed by atoms with E-state index in [-0.39, 0.29) is 11.4 Å². The number of Topliss-reactive ketones (excluding diaryl/α,β-unsaturated/α-hetero) is 1. The minimum atomic E-state index is -0.267. The number of hydrogen-bond acceptors (Lipinski definition) is 4. The van der Waals surface area contributed by atoms with Gasteiger partial charge in [0, 0.05) is 28.9 Å². The molecule has 0 aromatic carbocycles. The van der Waals surface area contributed by atoms with Crippen molar-refractivity contribution in [2.45, 2.75) is 27.3 Å². The second kappa shape index (κ2) is 6.54. The Morgan fingerprint density at radius 1 is 1.50 bits per heavy atom. The minimum absolute atomic E-state index is 0.101. The van der Waals surface area contributed by atoms with Crippen molar-refractivity contribution in [3.8, 4) is 6.07 Å². The second-order valence-electron chi connectivity index (χ2n) is 4.97. The van der Waals surface area contributed by atoms with Gasteiger partial charge in [0.2, 0.25) is 5.78 Å². The zero-order valence-electron chi connectivity index (χ0n) is 12.9. The average molecular weight is 311 g/mol. The molecule has 0 spiro atoms. The number of hydrogen-bond donors (Lipinski definition) is 0. The highest BCUT2D eigenvalue weighted by atomic mass is 32.1. The van der Waals surface area contributed by atoms with Gasteiger partial charge in [-0.05, 0) is 32.9 Å². The van der Waals surface area contributed by atoms with Crippen LogP contribution in [0.3, 0.4) is 0 Å². The van der Waals surface area contributed by atoms with E-state index in [1.54, 1.807) is 12.2 Å². The Morgan fingerprint density at radius 2 is 2.23 bits per heavy atom. The molecule has 2 aromatic heterocycles. The number of carbonyl (C=O) groups is 1. The Labute approximate surface area is 134 Å². The Morgan fingerprint density at radius 3 is 2.77 bits per heavy atom. The number of nitriles is 1. The first kappa shape index (κ1) is 15.9. The number of nitrogens with zero attached hydrogens (tertiary/aromatic N) is 3. The Kier molecular flexibility index (Phi) is 4.74. The summed E-state index contributed by atoms with van der Waals surface area (Å²) in [6.07, 6.45) is 3.33. The first-order chi connectivity index (χ1) is 10.5. The first-order valence-corrected chi connectivity index (χ1v) is 7.72. The zero-order valence-corrected chi connectivity index (χ0v) is 13.7. The lowest BCUT2D eigenvalue weighted by molar-refractivity contribution is 0.103. The van der Waals surface area contributed by atoms with Crippen LogP contribution < -0.4 is 0 Å². The van der Waals surface area contributed by atoms with Gasteiger partial charge < -0.3 is 4.57 Å². The summed E-state index contributed by atoms with van der Waals surface area (Å²) in [5.41, 5.74) is 3.12. The number of allylic oxidation sites excluding steroid dienone is 2. The van der Waals surface area contributed by atoms with Crippen LogP contribution in [-0.2, 0) is 6.54 Å². The molecular weight excluding hydrogens is 294 g/mol. The number of rotatable bonds is 5. The lowest BCUT2D eigenvalue weighted by Gasteiger charge is -2.05. The lowest BCUT2D eigenvalue weighted by atomic mass is 10.0. The fourth-order valence-electron chi connectivity index (χ4n) is 2.33. The average Bonchev–Trinajstić information content (AvgIpc) is 3.02. The molecule has 22 heavy (non-hydrogen) atoms. The van der Waals surface area contributed by atoms with Crippen molar-refractivity contribution in [1.82, 2.24) is 9.55 Å². The maximum atomic E-state index is 12.6. The van der Waals surface area contributed by atoms with Gasteiger partial charge in [0.1, 0.15) is 11.6 Å². The molecule has 2 aromatic rings. The van der Waals surface area contributed by atoms with E-state index in [9.17, 15) is 10.1 Å². The van der Waals surface area contributed by atoms with Gasteiger partial charge in [-0.1, -0.05) is 6.08 Å². The molecule has 112 valence electrons. The molecule has 0 N–H and O–H groups in total. The Hall–Kier alpha value is -2.45. The van der Waals surface area contributed by atoms with E-state index in [0.717, 1.165) is 16.4 Å². The van der Waals surface area contributed by atoms with Crippen molar-refractivity contribution in [1.29, 1.82) is 5.26 Å². The number of carbonyl (C=O) groups excluding carboxylic acids is 1. The van der Waals surface area contributed by atoms with E-state index >= 15 is 0 Å². The highest BCUT2D eigenvalue weighted by Crippen LogP contribution is 2.20. The highest BCUT2D eigenvalue weighted by molar-refractivity contribution is 7.09. The van der Waals surface area contributed by atoms with Gasteiger partial charge in [-0.3, -0.25) is 4.79 Å². The number of aryl methyl sites for hydroxylation is 2. The SMILES string of the molecule is C=CCn1c(C)cc(C(=O)/C(C#N)=C/c2csc(C)n2)c1C. The maximum Gasteiger partial charge on any atom is 0.205 e. The summed E-state index contributed by atoms with van der Waals surface area (Å²) in [7, 11) is 0. The van der Waals surface area contributed by atoms with E-state index in [1.165, 1.54) is 11.3 Å². The molecule has 0 amide bonds. The van der Waals surface area contributed by atoms with Crippen molar-refractivity contribution in [3.05, 3.63) is 57.3 Å². The third kappa shape index (κ3) is 3.07. The molecule has 0 atom stereocenters. The monoisotopic (exact) mass is 311 g/mol.